The highest BCUT2D eigenvalue weighted by atomic mass is 35.5. The van der Waals surface area contributed by atoms with Gasteiger partial charge in [0.15, 0.2) is 0 Å². The Hall–Kier alpha value is -1.46. The number of rotatable bonds is 6. The Bertz CT molecular complexity index is 538. The van der Waals surface area contributed by atoms with Crippen molar-refractivity contribution in [3.63, 3.8) is 0 Å². The van der Waals surface area contributed by atoms with E-state index in [9.17, 15) is 0 Å². The van der Waals surface area contributed by atoms with Crippen LogP contribution in [0, 0.1) is 0 Å². The maximum absolute atomic E-state index is 6.35. The van der Waals surface area contributed by atoms with Crippen LogP contribution in [0.2, 0.25) is 5.02 Å². The van der Waals surface area contributed by atoms with E-state index in [2.05, 4.69) is 41.2 Å². The van der Waals surface area contributed by atoms with E-state index in [4.69, 9.17) is 11.6 Å². The van der Waals surface area contributed by atoms with Crippen LogP contribution in [-0.4, -0.2) is 26.3 Å². The van der Waals surface area contributed by atoms with Gasteiger partial charge >= 0.3 is 0 Å². The Morgan fingerprint density at radius 2 is 1.95 bits per heavy atom. The maximum Gasteiger partial charge on any atom is 0.115 e. The molecule has 0 radical (unpaired) electrons. The third-order valence-electron chi connectivity index (χ3n) is 3.06. The minimum absolute atomic E-state index is 0.0476. The van der Waals surface area contributed by atoms with Crippen molar-refractivity contribution in [3.8, 4) is 0 Å². The fraction of sp³-hybridized carbons (Fsp3) is 0.500. The summed E-state index contributed by atoms with van der Waals surface area (Å²) in [7, 11) is 0. The molecule has 0 spiro atoms. The first kappa shape index (κ1) is 14.9. The van der Waals surface area contributed by atoms with Crippen molar-refractivity contribution >= 4 is 11.6 Å². The van der Waals surface area contributed by atoms with Crippen LogP contribution in [0.3, 0.4) is 0 Å². The van der Waals surface area contributed by atoms with Crippen molar-refractivity contribution in [1.82, 2.24) is 25.1 Å². The molecule has 20 heavy (non-hydrogen) atoms. The first-order valence-electron chi connectivity index (χ1n) is 6.86. The monoisotopic (exact) mass is 293 g/mol. The van der Waals surface area contributed by atoms with Crippen molar-refractivity contribution in [3.05, 3.63) is 41.2 Å². The van der Waals surface area contributed by atoms with Crippen molar-refractivity contribution in [2.45, 2.75) is 39.3 Å². The highest BCUT2D eigenvalue weighted by molar-refractivity contribution is 6.31. The largest absolute Gasteiger partial charge is 0.305 e. The van der Waals surface area contributed by atoms with Crippen molar-refractivity contribution in [2.24, 2.45) is 0 Å². The standard InChI is InChI=1S/C14H20ClN5/c1-4-5-18-13(11-6-16-9-17-7-11)14-12(15)8-19-20(14)10(2)3/h6-10,13,18H,4-5H2,1-3H3. The van der Waals surface area contributed by atoms with E-state index in [-0.39, 0.29) is 12.1 Å². The number of hydrogen-bond donors (Lipinski definition) is 1. The van der Waals surface area contributed by atoms with Gasteiger partial charge in [0.1, 0.15) is 6.33 Å². The molecule has 0 amide bonds. The minimum atomic E-state index is -0.0476. The molecule has 108 valence electrons. The summed E-state index contributed by atoms with van der Waals surface area (Å²) in [6, 6.07) is 0.196. The molecule has 0 bridgehead atoms. The van der Waals surface area contributed by atoms with Gasteiger partial charge in [0.05, 0.1) is 23.0 Å². The van der Waals surface area contributed by atoms with Gasteiger partial charge in [0.25, 0.3) is 0 Å². The summed E-state index contributed by atoms with van der Waals surface area (Å²) >= 11 is 6.35. The van der Waals surface area contributed by atoms with Gasteiger partial charge < -0.3 is 5.32 Å². The molecule has 0 aliphatic rings. The summed E-state index contributed by atoms with van der Waals surface area (Å²) in [5.74, 6) is 0. The molecule has 6 heteroatoms. The van der Waals surface area contributed by atoms with E-state index in [1.165, 1.54) is 6.33 Å². The lowest BCUT2D eigenvalue weighted by Gasteiger charge is -2.22. The van der Waals surface area contributed by atoms with Gasteiger partial charge in [-0.2, -0.15) is 5.10 Å². The number of nitrogens with zero attached hydrogens (tertiary/aromatic N) is 4. The molecule has 2 aromatic rings. The van der Waals surface area contributed by atoms with Crippen LogP contribution < -0.4 is 5.32 Å². The molecule has 0 fully saturated rings. The van der Waals surface area contributed by atoms with Crippen LogP contribution in [0.5, 0.6) is 0 Å². The van der Waals surface area contributed by atoms with Gasteiger partial charge in [0, 0.05) is 24.0 Å². The van der Waals surface area contributed by atoms with E-state index in [0.29, 0.717) is 5.02 Å². The number of nitrogens with one attached hydrogen (secondary N) is 1. The first-order valence-corrected chi connectivity index (χ1v) is 7.24. The third kappa shape index (κ3) is 3.16. The quantitative estimate of drug-likeness (QED) is 0.889. The number of aromatic nitrogens is 4. The smallest absolute Gasteiger partial charge is 0.115 e. The zero-order valence-corrected chi connectivity index (χ0v) is 12.8. The van der Waals surface area contributed by atoms with Crippen LogP contribution in [0.1, 0.15) is 50.5 Å². The van der Waals surface area contributed by atoms with Gasteiger partial charge in [0.2, 0.25) is 0 Å². The molecule has 0 saturated heterocycles. The summed E-state index contributed by atoms with van der Waals surface area (Å²) in [6.45, 7) is 7.20. The zero-order chi connectivity index (χ0) is 14.5. The van der Waals surface area contributed by atoms with E-state index in [1.54, 1.807) is 6.20 Å². The van der Waals surface area contributed by atoms with E-state index >= 15 is 0 Å². The lowest BCUT2D eigenvalue weighted by atomic mass is 10.1. The lowest BCUT2D eigenvalue weighted by molar-refractivity contribution is 0.471. The predicted octanol–water partition coefficient (Wildman–Crippen LogP) is 3.00. The topological polar surface area (TPSA) is 55.6 Å². The predicted molar refractivity (Wildman–Crippen MR) is 79.8 cm³/mol. The molecule has 1 unspecified atom stereocenters. The number of hydrogen-bond acceptors (Lipinski definition) is 4. The molecule has 0 saturated carbocycles. The molecule has 0 aromatic carbocycles. The summed E-state index contributed by atoms with van der Waals surface area (Å²) in [5, 5.41) is 8.54. The highest BCUT2D eigenvalue weighted by Gasteiger charge is 2.23. The molecular weight excluding hydrogens is 274 g/mol. The maximum atomic E-state index is 6.35. The summed E-state index contributed by atoms with van der Waals surface area (Å²) in [4.78, 5) is 8.21. The second kappa shape index (κ2) is 6.81. The second-order valence-electron chi connectivity index (χ2n) is 4.98. The van der Waals surface area contributed by atoms with Crippen LogP contribution >= 0.6 is 11.6 Å². The fourth-order valence-corrected chi connectivity index (χ4v) is 2.39. The molecule has 5 nitrogen and oxygen atoms in total. The Morgan fingerprint density at radius 1 is 1.25 bits per heavy atom. The average Bonchev–Trinajstić information content (AvgIpc) is 2.83. The zero-order valence-electron chi connectivity index (χ0n) is 12.0. The summed E-state index contributed by atoms with van der Waals surface area (Å²) in [6.07, 6.45) is 7.89. The van der Waals surface area contributed by atoms with Gasteiger partial charge in [-0.25, -0.2) is 9.97 Å². The Labute approximate surface area is 124 Å². The van der Waals surface area contributed by atoms with Crippen LogP contribution in [0.4, 0.5) is 0 Å². The van der Waals surface area contributed by atoms with E-state index in [1.807, 2.05) is 17.1 Å². The molecule has 1 N–H and O–H groups in total. The van der Waals surface area contributed by atoms with E-state index in [0.717, 1.165) is 24.2 Å². The Morgan fingerprint density at radius 3 is 2.55 bits per heavy atom. The average molecular weight is 294 g/mol. The molecule has 0 aliphatic carbocycles. The summed E-state index contributed by atoms with van der Waals surface area (Å²) < 4.78 is 1.95. The number of halogens is 1. The van der Waals surface area contributed by atoms with Crippen LogP contribution in [-0.2, 0) is 0 Å². The third-order valence-corrected chi connectivity index (χ3v) is 3.35. The minimum Gasteiger partial charge on any atom is -0.305 e. The fourth-order valence-electron chi connectivity index (χ4n) is 2.15. The van der Waals surface area contributed by atoms with Crippen molar-refractivity contribution < 1.29 is 0 Å². The van der Waals surface area contributed by atoms with Crippen LogP contribution in [0.15, 0.2) is 24.9 Å². The molecular formula is C14H20ClN5. The lowest BCUT2D eigenvalue weighted by Crippen LogP contribution is -2.27. The van der Waals surface area contributed by atoms with Gasteiger partial charge in [-0.3, -0.25) is 4.68 Å². The molecule has 2 aromatic heterocycles. The molecule has 0 aliphatic heterocycles. The second-order valence-corrected chi connectivity index (χ2v) is 5.38. The first-order chi connectivity index (χ1) is 9.65. The molecule has 2 rings (SSSR count). The Kier molecular flexibility index (Phi) is 5.09. The molecule has 1 atom stereocenters. The normalized spacial score (nSPS) is 12.8. The van der Waals surface area contributed by atoms with Gasteiger partial charge in [-0.05, 0) is 26.8 Å². The van der Waals surface area contributed by atoms with Crippen molar-refractivity contribution in [1.29, 1.82) is 0 Å². The highest BCUT2D eigenvalue weighted by Crippen LogP contribution is 2.29. The summed E-state index contributed by atoms with van der Waals surface area (Å²) in [5.41, 5.74) is 1.95. The van der Waals surface area contributed by atoms with Crippen molar-refractivity contribution in [2.75, 3.05) is 6.54 Å². The van der Waals surface area contributed by atoms with E-state index < -0.39 is 0 Å². The van der Waals surface area contributed by atoms with Crippen LogP contribution in [0.25, 0.3) is 0 Å². The van der Waals surface area contributed by atoms with Gasteiger partial charge in [-0.15, -0.1) is 0 Å². The SMILES string of the molecule is CCCNC(c1cncnc1)c1c(Cl)cnn1C(C)C. The molecule has 2 heterocycles. The Balaban J connectivity index is 2.44. The van der Waals surface area contributed by atoms with Gasteiger partial charge in [-0.1, -0.05) is 18.5 Å².